The molecule has 16 heavy (non-hydrogen) atoms. The molecule has 2 rings (SSSR count). The Labute approximate surface area is 94.2 Å². The Morgan fingerprint density at radius 3 is 3.12 bits per heavy atom. The maximum atomic E-state index is 11.7. The molecule has 1 amide bonds. The molecule has 0 spiro atoms. The van der Waals surface area contributed by atoms with Gasteiger partial charge in [-0.15, -0.1) is 0 Å². The lowest BCUT2D eigenvalue weighted by Crippen LogP contribution is -2.41. The summed E-state index contributed by atoms with van der Waals surface area (Å²) in [6.45, 7) is 2.74. The first-order valence-electron chi connectivity index (χ1n) is 5.46. The average Bonchev–Trinajstić information content (AvgIpc) is 2.83. The van der Waals surface area contributed by atoms with Gasteiger partial charge in [-0.1, -0.05) is 0 Å². The van der Waals surface area contributed by atoms with Gasteiger partial charge in [0.25, 0.3) is 5.91 Å². The number of carbonyl (C=O) groups excluding carboxylic acids is 1. The van der Waals surface area contributed by atoms with Crippen LogP contribution in [0.3, 0.4) is 0 Å². The van der Waals surface area contributed by atoms with Crippen LogP contribution in [0.1, 0.15) is 30.3 Å². The van der Waals surface area contributed by atoms with E-state index < -0.39 is 0 Å². The van der Waals surface area contributed by atoms with Gasteiger partial charge in [-0.2, -0.15) is 0 Å². The van der Waals surface area contributed by atoms with Gasteiger partial charge in [0.1, 0.15) is 5.69 Å². The van der Waals surface area contributed by atoms with Crippen LogP contribution in [0.5, 0.6) is 0 Å². The van der Waals surface area contributed by atoms with Crippen molar-refractivity contribution in [3.63, 3.8) is 0 Å². The van der Waals surface area contributed by atoms with Crippen molar-refractivity contribution in [3.05, 3.63) is 24.3 Å². The van der Waals surface area contributed by atoms with Crippen LogP contribution in [-0.4, -0.2) is 34.6 Å². The van der Waals surface area contributed by atoms with E-state index in [4.69, 9.17) is 4.74 Å². The Morgan fingerprint density at radius 2 is 2.50 bits per heavy atom. The van der Waals surface area contributed by atoms with Crippen LogP contribution in [0.2, 0.25) is 0 Å². The van der Waals surface area contributed by atoms with Crippen molar-refractivity contribution in [2.75, 3.05) is 6.61 Å². The Kier molecular flexibility index (Phi) is 3.46. The standard InChI is InChI=1S/C11H15N3O2/c1-8(10-3-2-6-16-10)14-11(15)9-7-12-4-5-13-9/h4-5,7-8,10H,2-3,6H2,1H3,(H,14,15)/t8-,10+/m0/s1. The quantitative estimate of drug-likeness (QED) is 0.819. The maximum Gasteiger partial charge on any atom is 0.271 e. The van der Waals surface area contributed by atoms with E-state index in [1.165, 1.54) is 12.4 Å². The normalized spacial score (nSPS) is 21.7. The fourth-order valence-electron chi connectivity index (χ4n) is 1.79. The van der Waals surface area contributed by atoms with Crippen LogP contribution in [-0.2, 0) is 4.74 Å². The van der Waals surface area contributed by atoms with Gasteiger partial charge in [-0.05, 0) is 19.8 Å². The summed E-state index contributed by atoms with van der Waals surface area (Å²) in [6, 6.07) is 0.0111. The molecule has 86 valence electrons. The molecule has 0 unspecified atom stereocenters. The highest BCUT2D eigenvalue weighted by Crippen LogP contribution is 2.15. The highest BCUT2D eigenvalue weighted by molar-refractivity contribution is 5.92. The fraction of sp³-hybridized carbons (Fsp3) is 0.545. The van der Waals surface area contributed by atoms with Crippen LogP contribution in [0.4, 0.5) is 0 Å². The molecule has 2 atom stereocenters. The van der Waals surface area contributed by atoms with Gasteiger partial charge in [-0.3, -0.25) is 9.78 Å². The number of nitrogens with one attached hydrogen (secondary N) is 1. The van der Waals surface area contributed by atoms with E-state index in [9.17, 15) is 4.79 Å². The van der Waals surface area contributed by atoms with Crippen molar-refractivity contribution >= 4 is 5.91 Å². The minimum absolute atomic E-state index is 0.0111. The Hall–Kier alpha value is -1.49. The van der Waals surface area contributed by atoms with E-state index in [-0.39, 0.29) is 18.1 Å². The molecule has 5 heteroatoms. The molecule has 2 heterocycles. The minimum atomic E-state index is -0.198. The molecule has 0 radical (unpaired) electrons. The molecule has 1 aliphatic rings. The zero-order valence-electron chi connectivity index (χ0n) is 9.22. The molecular weight excluding hydrogens is 206 g/mol. The molecule has 1 aromatic rings. The number of ether oxygens (including phenoxy) is 1. The Bertz CT molecular complexity index is 350. The van der Waals surface area contributed by atoms with Crippen molar-refractivity contribution in [2.24, 2.45) is 0 Å². The summed E-state index contributed by atoms with van der Waals surface area (Å²) in [6.07, 6.45) is 6.70. The van der Waals surface area contributed by atoms with Crippen LogP contribution >= 0.6 is 0 Å². The second-order valence-electron chi connectivity index (χ2n) is 3.90. The summed E-state index contributed by atoms with van der Waals surface area (Å²) in [4.78, 5) is 19.5. The van der Waals surface area contributed by atoms with E-state index in [0.717, 1.165) is 19.4 Å². The largest absolute Gasteiger partial charge is 0.376 e. The predicted molar refractivity (Wildman–Crippen MR) is 57.9 cm³/mol. The number of aromatic nitrogens is 2. The summed E-state index contributed by atoms with van der Waals surface area (Å²) < 4.78 is 5.50. The van der Waals surface area contributed by atoms with Crippen molar-refractivity contribution in [1.82, 2.24) is 15.3 Å². The van der Waals surface area contributed by atoms with Crippen molar-refractivity contribution in [3.8, 4) is 0 Å². The van der Waals surface area contributed by atoms with Gasteiger partial charge in [0, 0.05) is 19.0 Å². The summed E-state index contributed by atoms with van der Waals surface area (Å²) in [5, 5.41) is 2.87. The Balaban J connectivity index is 1.92. The summed E-state index contributed by atoms with van der Waals surface area (Å²) in [5.74, 6) is -0.198. The molecule has 1 aliphatic heterocycles. The first-order chi connectivity index (χ1) is 7.77. The van der Waals surface area contributed by atoms with Crippen LogP contribution in [0.25, 0.3) is 0 Å². The molecule has 0 saturated carbocycles. The Morgan fingerprint density at radius 1 is 1.62 bits per heavy atom. The summed E-state index contributed by atoms with van der Waals surface area (Å²) in [7, 11) is 0. The third-order valence-electron chi connectivity index (χ3n) is 2.68. The second kappa shape index (κ2) is 5.03. The lowest BCUT2D eigenvalue weighted by Gasteiger charge is -2.19. The third-order valence-corrected chi connectivity index (χ3v) is 2.68. The van der Waals surface area contributed by atoms with Gasteiger partial charge >= 0.3 is 0 Å². The molecule has 0 aromatic carbocycles. The third kappa shape index (κ3) is 2.55. The zero-order chi connectivity index (χ0) is 11.4. The SMILES string of the molecule is C[C@H](NC(=O)c1cnccn1)[C@H]1CCCO1. The van der Waals surface area contributed by atoms with Crippen LogP contribution in [0, 0.1) is 0 Å². The van der Waals surface area contributed by atoms with Crippen LogP contribution in [0.15, 0.2) is 18.6 Å². The molecule has 1 fully saturated rings. The lowest BCUT2D eigenvalue weighted by molar-refractivity contribution is 0.0709. The molecule has 1 aromatic heterocycles. The molecule has 1 saturated heterocycles. The number of rotatable bonds is 3. The number of hydrogen-bond acceptors (Lipinski definition) is 4. The number of nitrogens with zero attached hydrogens (tertiary/aromatic N) is 2. The zero-order valence-corrected chi connectivity index (χ0v) is 9.22. The number of carbonyl (C=O) groups is 1. The fourth-order valence-corrected chi connectivity index (χ4v) is 1.79. The van der Waals surface area contributed by atoms with Gasteiger partial charge < -0.3 is 10.1 Å². The van der Waals surface area contributed by atoms with E-state index in [1.54, 1.807) is 6.20 Å². The first-order valence-corrected chi connectivity index (χ1v) is 5.46. The molecular formula is C11H15N3O2. The molecule has 0 aliphatic carbocycles. The van der Waals surface area contributed by atoms with Crippen molar-refractivity contribution in [2.45, 2.75) is 31.9 Å². The number of hydrogen-bond donors (Lipinski definition) is 1. The number of amides is 1. The van der Waals surface area contributed by atoms with Gasteiger partial charge in [-0.25, -0.2) is 4.98 Å². The van der Waals surface area contributed by atoms with Crippen molar-refractivity contribution < 1.29 is 9.53 Å². The summed E-state index contributed by atoms with van der Waals surface area (Å²) in [5.41, 5.74) is 0.340. The second-order valence-corrected chi connectivity index (χ2v) is 3.90. The molecule has 1 N–H and O–H groups in total. The van der Waals surface area contributed by atoms with Crippen molar-refractivity contribution in [1.29, 1.82) is 0 Å². The van der Waals surface area contributed by atoms with Crippen LogP contribution < -0.4 is 5.32 Å². The molecule has 5 nitrogen and oxygen atoms in total. The minimum Gasteiger partial charge on any atom is -0.376 e. The smallest absolute Gasteiger partial charge is 0.271 e. The van der Waals surface area contributed by atoms with Gasteiger partial charge in [0.2, 0.25) is 0 Å². The predicted octanol–water partition coefficient (Wildman–Crippen LogP) is 0.774. The van der Waals surface area contributed by atoms with Gasteiger partial charge in [0.05, 0.1) is 18.3 Å². The van der Waals surface area contributed by atoms with E-state index in [1.807, 2.05) is 6.92 Å². The first kappa shape index (κ1) is 11.0. The highest BCUT2D eigenvalue weighted by atomic mass is 16.5. The highest BCUT2D eigenvalue weighted by Gasteiger charge is 2.24. The van der Waals surface area contributed by atoms with E-state index in [0.29, 0.717) is 5.69 Å². The average molecular weight is 221 g/mol. The molecule has 0 bridgehead atoms. The lowest BCUT2D eigenvalue weighted by atomic mass is 10.1. The maximum absolute atomic E-state index is 11.7. The van der Waals surface area contributed by atoms with Gasteiger partial charge in [0.15, 0.2) is 0 Å². The summed E-state index contributed by atoms with van der Waals surface area (Å²) >= 11 is 0. The topological polar surface area (TPSA) is 64.1 Å². The van der Waals surface area contributed by atoms with E-state index >= 15 is 0 Å². The monoisotopic (exact) mass is 221 g/mol. The van der Waals surface area contributed by atoms with E-state index in [2.05, 4.69) is 15.3 Å².